The Hall–Kier alpha value is -3.04. The normalized spacial score (nSPS) is 16.3. The number of carbonyl (C=O) groups excluding carboxylic acids is 1. The molecular weight excluding hydrogens is 449 g/mol. The minimum atomic E-state index is -3.49. The van der Waals surface area contributed by atoms with Crippen LogP contribution in [0.1, 0.15) is 0 Å². The molecule has 0 saturated carbocycles. The Labute approximate surface area is 184 Å². The van der Waals surface area contributed by atoms with Crippen molar-refractivity contribution in [2.24, 2.45) is 0 Å². The van der Waals surface area contributed by atoms with Gasteiger partial charge in [0.25, 0.3) is 0 Å². The number of methoxy groups -OCH3 is 2. The lowest BCUT2D eigenvalue weighted by molar-refractivity contribution is -0.137. The Bertz CT molecular complexity index is 1180. The zero-order valence-electron chi connectivity index (χ0n) is 16.8. The maximum absolute atomic E-state index is 13.6. The fourth-order valence-electron chi connectivity index (χ4n) is 2.95. The van der Waals surface area contributed by atoms with Gasteiger partial charge in [-0.25, -0.2) is 17.6 Å². The molecule has 164 valence electrons. The first-order valence-electron chi connectivity index (χ1n) is 8.90. The molecule has 0 radical (unpaired) electrons. The van der Waals surface area contributed by atoms with E-state index in [1.807, 2.05) is 0 Å². The maximum Gasteiger partial charge on any atom is 0.339 e. The number of sulfone groups is 1. The van der Waals surface area contributed by atoms with Crippen LogP contribution in [0.4, 0.5) is 10.1 Å². The third-order valence-corrected chi connectivity index (χ3v) is 5.72. The first-order valence-corrected chi connectivity index (χ1v) is 11.2. The van der Waals surface area contributed by atoms with E-state index in [1.54, 1.807) is 12.1 Å². The third kappa shape index (κ3) is 5.00. The molecular formula is C21H19ClFNO6S. The molecule has 2 aromatic rings. The van der Waals surface area contributed by atoms with Crippen LogP contribution in [0.25, 0.3) is 0 Å². The summed E-state index contributed by atoms with van der Waals surface area (Å²) in [5.41, 5.74) is 0.438. The minimum Gasteiger partial charge on any atom is -0.493 e. The van der Waals surface area contributed by atoms with Crippen molar-refractivity contribution in [1.29, 1.82) is 0 Å². The molecule has 0 aliphatic carbocycles. The van der Waals surface area contributed by atoms with Gasteiger partial charge in [-0.15, -0.1) is 0 Å². The largest absolute Gasteiger partial charge is 0.493 e. The van der Waals surface area contributed by atoms with Crippen LogP contribution < -0.4 is 14.4 Å². The molecule has 2 aromatic carbocycles. The average Bonchev–Trinajstić information content (AvgIpc) is 2.74. The molecule has 1 aliphatic heterocycles. The molecule has 1 unspecified atom stereocenters. The number of anilines is 1. The smallest absolute Gasteiger partial charge is 0.339 e. The van der Waals surface area contributed by atoms with E-state index in [0.29, 0.717) is 5.69 Å². The highest BCUT2D eigenvalue weighted by Gasteiger charge is 2.33. The fraction of sp³-hybridized carbons (Fsp3) is 0.190. The monoisotopic (exact) mass is 467 g/mol. The predicted molar refractivity (Wildman–Crippen MR) is 113 cm³/mol. The summed E-state index contributed by atoms with van der Waals surface area (Å²) in [4.78, 5) is 14.0. The second kappa shape index (κ2) is 8.99. The molecule has 0 saturated heterocycles. The summed E-state index contributed by atoms with van der Waals surface area (Å²) in [6, 6.07) is 9.73. The number of hydrogen-bond acceptors (Lipinski definition) is 7. The number of rotatable bonds is 6. The summed E-state index contributed by atoms with van der Waals surface area (Å²) in [5.74, 6) is -0.979. The number of nitrogens with zero attached hydrogens (tertiary/aromatic N) is 1. The van der Waals surface area contributed by atoms with Crippen LogP contribution in [0.3, 0.4) is 0 Å². The third-order valence-electron chi connectivity index (χ3n) is 4.40. The molecule has 1 aliphatic rings. The van der Waals surface area contributed by atoms with E-state index >= 15 is 0 Å². The highest BCUT2D eigenvalue weighted by atomic mass is 35.5. The van der Waals surface area contributed by atoms with E-state index in [0.717, 1.165) is 12.3 Å². The van der Waals surface area contributed by atoms with E-state index in [-0.39, 0.29) is 27.0 Å². The van der Waals surface area contributed by atoms with Crippen molar-refractivity contribution in [2.45, 2.75) is 11.1 Å². The number of carbonyl (C=O) groups is 1. The van der Waals surface area contributed by atoms with Gasteiger partial charge in [0.15, 0.2) is 21.3 Å². The zero-order valence-corrected chi connectivity index (χ0v) is 18.4. The van der Waals surface area contributed by atoms with Crippen molar-refractivity contribution >= 4 is 33.1 Å². The van der Waals surface area contributed by atoms with Crippen LogP contribution in [0.5, 0.6) is 11.5 Å². The molecule has 1 heterocycles. The Balaban J connectivity index is 2.12. The highest BCUT2D eigenvalue weighted by Crippen LogP contribution is 2.35. The maximum atomic E-state index is 13.6. The molecule has 10 heteroatoms. The molecule has 1 atom stereocenters. The van der Waals surface area contributed by atoms with Gasteiger partial charge in [-0.3, -0.25) is 0 Å². The SMILES string of the molecule is COC(=O)C1=CC(Cl)=CN(c2cccc(S(C)(=O)=O)c2)C1Oc1ccc(F)cc1OC. The van der Waals surface area contributed by atoms with Crippen molar-refractivity contribution in [3.8, 4) is 11.5 Å². The lowest BCUT2D eigenvalue weighted by Crippen LogP contribution is -2.42. The minimum absolute atomic E-state index is 0.0473. The van der Waals surface area contributed by atoms with E-state index in [4.69, 9.17) is 25.8 Å². The number of halogens is 2. The molecule has 0 aromatic heterocycles. The van der Waals surface area contributed by atoms with Crippen LogP contribution in [0.2, 0.25) is 0 Å². The molecule has 31 heavy (non-hydrogen) atoms. The second-order valence-corrected chi connectivity index (χ2v) is 9.00. The predicted octanol–water partition coefficient (Wildman–Crippen LogP) is 3.64. The van der Waals surface area contributed by atoms with Gasteiger partial charge in [0.2, 0.25) is 6.23 Å². The van der Waals surface area contributed by atoms with Crippen molar-refractivity contribution in [3.05, 3.63) is 71.2 Å². The van der Waals surface area contributed by atoms with Gasteiger partial charge in [-0.05, 0) is 36.4 Å². The zero-order chi connectivity index (χ0) is 22.8. The van der Waals surface area contributed by atoms with Crippen LogP contribution in [-0.2, 0) is 19.4 Å². The lowest BCUT2D eigenvalue weighted by Gasteiger charge is -2.34. The Morgan fingerprint density at radius 2 is 1.87 bits per heavy atom. The van der Waals surface area contributed by atoms with Gasteiger partial charge in [0.1, 0.15) is 11.4 Å². The summed E-state index contributed by atoms with van der Waals surface area (Å²) in [6.07, 6.45) is 2.84. The Morgan fingerprint density at radius 1 is 1.13 bits per heavy atom. The lowest BCUT2D eigenvalue weighted by atomic mass is 10.1. The van der Waals surface area contributed by atoms with E-state index in [1.165, 1.54) is 55.7 Å². The molecule has 3 rings (SSSR count). The Kier molecular flexibility index (Phi) is 6.56. The quantitative estimate of drug-likeness (QED) is 0.600. The van der Waals surface area contributed by atoms with E-state index < -0.39 is 27.9 Å². The van der Waals surface area contributed by atoms with Crippen molar-refractivity contribution in [3.63, 3.8) is 0 Å². The van der Waals surface area contributed by atoms with Crippen molar-refractivity contribution in [1.82, 2.24) is 0 Å². The molecule has 7 nitrogen and oxygen atoms in total. The first-order chi connectivity index (χ1) is 14.6. The number of hydrogen-bond donors (Lipinski definition) is 0. The second-order valence-electron chi connectivity index (χ2n) is 6.55. The molecule has 0 spiro atoms. The molecule has 0 amide bonds. The van der Waals surface area contributed by atoms with Crippen molar-refractivity contribution < 1.29 is 31.8 Å². The van der Waals surface area contributed by atoms with Crippen LogP contribution in [0.15, 0.2) is 70.2 Å². The van der Waals surface area contributed by atoms with Gasteiger partial charge in [-0.2, -0.15) is 0 Å². The highest BCUT2D eigenvalue weighted by molar-refractivity contribution is 7.90. The standard InChI is InChI=1S/C21H19ClFNO6S/c1-28-19-10-14(23)7-8-18(19)30-20-17(21(25)29-2)9-13(22)12-24(20)15-5-4-6-16(11-15)31(3,26)27/h4-12,20H,1-3H3. The number of benzene rings is 2. The summed E-state index contributed by atoms with van der Waals surface area (Å²) >= 11 is 6.22. The summed E-state index contributed by atoms with van der Waals surface area (Å²) in [5, 5.41) is 0.191. The van der Waals surface area contributed by atoms with Crippen molar-refractivity contribution in [2.75, 3.05) is 25.4 Å². The van der Waals surface area contributed by atoms with Gasteiger partial charge in [-0.1, -0.05) is 17.7 Å². The van der Waals surface area contributed by atoms with E-state index in [2.05, 4.69) is 0 Å². The number of ether oxygens (including phenoxy) is 3. The van der Waals surface area contributed by atoms with Crippen LogP contribution >= 0.6 is 11.6 Å². The van der Waals surface area contributed by atoms with Gasteiger partial charge >= 0.3 is 5.97 Å². The van der Waals surface area contributed by atoms with Crippen LogP contribution in [0, 0.1) is 5.82 Å². The van der Waals surface area contributed by atoms with Gasteiger partial charge in [0.05, 0.1) is 24.1 Å². The summed E-state index contributed by atoms with van der Waals surface area (Å²) in [7, 11) is -0.934. The number of esters is 1. The summed E-state index contributed by atoms with van der Waals surface area (Å²) in [6.45, 7) is 0. The number of allylic oxidation sites excluding steroid dienone is 2. The molecule has 0 N–H and O–H groups in total. The topological polar surface area (TPSA) is 82.1 Å². The molecule has 0 bridgehead atoms. The average molecular weight is 468 g/mol. The van der Waals surface area contributed by atoms with Gasteiger partial charge < -0.3 is 19.1 Å². The van der Waals surface area contributed by atoms with Crippen LogP contribution in [-0.4, -0.2) is 41.1 Å². The Morgan fingerprint density at radius 3 is 2.52 bits per heavy atom. The fourth-order valence-corrected chi connectivity index (χ4v) is 3.83. The van der Waals surface area contributed by atoms with Gasteiger partial charge in [0, 0.05) is 24.2 Å². The molecule has 0 fully saturated rings. The summed E-state index contributed by atoms with van der Waals surface area (Å²) < 4.78 is 53.7. The van der Waals surface area contributed by atoms with E-state index in [9.17, 15) is 17.6 Å². The first kappa shape index (κ1) is 22.6.